The Hall–Kier alpha value is -1.40. The Morgan fingerprint density at radius 3 is 2.63 bits per heavy atom. The molecule has 0 aliphatic heterocycles. The van der Waals surface area contributed by atoms with Gasteiger partial charge in [-0.3, -0.25) is 4.79 Å². The average molecular weight is 329 g/mol. The third kappa shape index (κ3) is 5.00. The highest BCUT2D eigenvalue weighted by Gasteiger charge is 2.10. The van der Waals surface area contributed by atoms with Crippen LogP contribution in [0, 0.1) is 0 Å². The van der Waals surface area contributed by atoms with Crippen molar-refractivity contribution in [2.45, 2.75) is 13.8 Å². The molecule has 0 saturated carbocycles. The van der Waals surface area contributed by atoms with Crippen molar-refractivity contribution < 1.29 is 14.3 Å². The first-order valence-corrected chi connectivity index (χ1v) is 6.85. The smallest absolute Gasteiger partial charge is 0.338 e. The van der Waals surface area contributed by atoms with E-state index in [9.17, 15) is 9.59 Å². The number of rotatable bonds is 6. The van der Waals surface area contributed by atoms with E-state index in [-0.39, 0.29) is 18.4 Å². The van der Waals surface area contributed by atoms with Crippen LogP contribution >= 0.6 is 15.9 Å². The molecule has 0 aliphatic carbocycles. The zero-order chi connectivity index (χ0) is 14.3. The Kier molecular flexibility index (Phi) is 6.52. The number of halogens is 1. The highest BCUT2D eigenvalue weighted by molar-refractivity contribution is 9.10. The normalized spacial score (nSPS) is 10.1. The third-order valence-electron chi connectivity index (χ3n) is 2.29. The van der Waals surface area contributed by atoms with Gasteiger partial charge in [0.25, 0.3) is 0 Å². The lowest BCUT2D eigenvalue weighted by atomic mass is 10.2. The standard InChI is InChI=1S/C13H17BrN2O3/c1-3-15-8-12(17)16-11-6-5-9(7-10(11)14)13(18)19-4-2/h5-7,15H,3-4,8H2,1-2H3,(H,16,17). The van der Waals surface area contributed by atoms with Crippen LogP contribution in [-0.2, 0) is 9.53 Å². The van der Waals surface area contributed by atoms with Gasteiger partial charge >= 0.3 is 5.97 Å². The van der Waals surface area contributed by atoms with E-state index in [1.165, 1.54) is 0 Å². The van der Waals surface area contributed by atoms with Gasteiger partial charge < -0.3 is 15.4 Å². The number of esters is 1. The molecule has 0 aliphatic rings. The van der Waals surface area contributed by atoms with Crippen LogP contribution in [0.2, 0.25) is 0 Å². The maximum Gasteiger partial charge on any atom is 0.338 e. The fourth-order valence-electron chi connectivity index (χ4n) is 1.39. The monoisotopic (exact) mass is 328 g/mol. The summed E-state index contributed by atoms with van der Waals surface area (Å²) in [5.74, 6) is -0.514. The Labute approximate surface area is 120 Å². The molecule has 1 aromatic carbocycles. The van der Waals surface area contributed by atoms with Crippen LogP contribution < -0.4 is 10.6 Å². The van der Waals surface area contributed by atoms with E-state index in [0.717, 1.165) is 6.54 Å². The molecule has 5 nitrogen and oxygen atoms in total. The molecule has 0 heterocycles. The van der Waals surface area contributed by atoms with Crippen LogP contribution in [0.15, 0.2) is 22.7 Å². The fraction of sp³-hybridized carbons (Fsp3) is 0.385. The molecule has 0 bridgehead atoms. The van der Waals surface area contributed by atoms with Crippen molar-refractivity contribution in [3.05, 3.63) is 28.2 Å². The lowest BCUT2D eigenvalue weighted by Gasteiger charge is -2.09. The van der Waals surface area contributed by atoms with Crippen molar-refractivity contribution in [3.8, 4) is 0 Å². The number of ether oxygens (including phenoxy) is 1. The Bertz CT molecular complexity index is 463. The van der Waals surface area contributed by atoms with Crippen molar-refractivity contribution in [2.24, 2.45) is 0 Å². The van der Waals surface area contributed by atoms with Gasteiger partial charge in [0.2, 0.25) is 5.91 Å². The summed E-state index contributed by atoms with van der Waals surface area (Å²) >= 11 is 3.32. The van der Waals surface area contributed by atoms with Crippen molar-refractivity contribution in [1.29, 1.82) is 0 Å². The molecule has 0 atom stereocenters. The Morgan fingerprint density at radius 1 is 1.32 bits per heavy atom. The van der Waals surface area contributed by atoms with Crippen LogP contribution in [0.1, 0.15) is 24.2 Å². The van der Waals surface area contributed by atoms with Crippen LogP contribution in [0.5, 0.6) is 0 Å². The molecule has 2 N–H and O–H groups in total. The molecule has 0 aromatic heterocycles. The molecular formula is C13H17BrN2O3. The maximum atomic E-state index is 11.6. The molecular weight excluding hydrogens is 312 g/mol. The van der Waals surface area contributed by atoms with Crippen molar-refractivity contribution in [3.63, 3.8) is 0 Å². The van der Waals surface area contributed by atoms with Gasteiger partial charge in [0.05, 0.1) is 24.4 Å². The minimum atomic E-state index is -0.381. The number of carbonyl (C=O) groups excluding carboxylic acids is 2. The second-order valence-corrected chi connectivity index (χ2v) is 4.60. The first-order valence-electron chi connectivity index (χ1n) is 6.05. The second kappa shape index (κ2) is 7.91. The molecule has 0 fully saturated rings. The number of amides is 1. The molecule has 104 valence electrons. The molecule has 6 heteroatoms. The molecule has 0 unspecified atom stereocenters. The van der Waals surface area contributed by atoms with Gasteiger partial charge in [-0.15, -0.1) is 0 Å². The summed E-state index contributed by atoms with van der Waals surface area (Å²) in [7, 11) is 0. The summed E-state index contributed by atoms with van der Waals surface area (Å²) in [6, 6.07) is 4.91. The van der Waals surface area contributed by atoms with Gasteiger partial charge in [-0.25, -0.2) is 4.79 Å². The number of hydrogen-bond acceptors (Lipinski definition) is 4. The lowest BCUT2D eigenvalue weighted by Crippen LogP contribution is -2.27. The Morgan fingerprint density at radius 2 is 2.05 bits per heavy atom. The molecule has 1 amide bonds. The molecule has 0 spiro atoms. The zero-order valence-corrected chi connectivity index (χ0v) is 12.5. The minimum absolute atomic E-state index is 0.133. The molecule has 0 radical (unpaired) electrons. The summed E-state index contributed by atoms with van der Waals surface area (Å²) in [6.45, 7) is 5.00. The number of benzene rings is 1. The third-order valence-corrected chi connectivity index (χ3v) is 2.95. The van der Waals surface area contributed by atoms with Crippen molar-refractivity contribution in [2.75, 3.05) is 25.0 Å². The van der Waals surface area contributed by atoms with Gasteiger partial charge in [-0.2, -0.15) is 0 Å². The first-order chi connectivity index (χ1) is 9.08. The number of hydrogen-bond donors (Lipinski definition) is 2. The van der Waals surface area contributed by atoms with Gasteiger partial charge in [-0.1, -0.05) is 6.92 Å². The zero-order valence-electron chi connectivity index (χ0n) is 11.0. The van der Waals surface area contributed by atoms with E-state index in [0.29, 0.717) is 22.3 Å². The predicted octanol–water partition coefficient (Wildman–Crippen LogP) is 2.17. The molecule has 1 rings (SSSR count). The maximum absolute atomic E-state index is 11.6. The van der Waals surface area contributed by atoms with Gasteiger partial charge in [0, 0.05) is 4.47 Å². The SMILES string of the molecule is CCNCC(=O)Nc1ccc(C(=O)OCC)cc1Br. The van der Waals surface area contributed by atoms with Crippen molar-refractivity contribution in [1.82, 2.24) is 5.32 Å². The largest absolute Gasteiger partial charge is 0.462 e. The molecule has 19 heavy (non-hydrogen) atoms. The number of anilines is 1. The average Bonchev–Trinajstić information content (AvgIpc) is 2.39. The van der Waals surface area contributed by atoms with E-state index < -0.39 is 0 Å². The van der Waals surface area contributed by atoms with Gasteiger partial charge in [0.15, 0.2) is 0 Å². The van der Waals surface area contributed by atoms with E-state index in [1.807, 2.05) is 6.92 Å². The van der Waals surface area contributed by atoms with E-state index >= 15 is 0 Å². The summed E-state index contributed by atoms with van der Waals surface area (Å²) in [4.78, 5) is 23.1. The van der Waals surface area contributed by atoms with Crippen LogP contribution in [0.3, 0.4) is 0 Å². The van der Waals surface area contributed by atoms with E-state index in [1.54, 1.807) is 25.1 Å². The second-order valence-electron chi connectivity index (χ2n) is 3.74. The fourth-order valence-corrected chi connectivity index (χ4v) is 1.87. The topological polar surface area (TPSA) is 67.4 Å². The van der Waals surface area contributed by atoms with Gasteiger partial charge in [-0.05, 0) is 47.6 Å². The highest BCUT2D eigenvalue weighted by atomic mass is 79.9. The van der Waals surface area contributed by atoms with Crippen LogP contribution in [0.25, 0.3) is 0 Å². The van der Waals surface area contributed by atoms with Crippen LogP contribution in [-0.4, -0.2) is 31.6 Å². The molecule has 1 aromatic rings. The quantitative estimate of drug-likeness (QED) is 0.785. The number of nitrogens with one attached hydrogen (secondary N) is 2. The lowest BCUT2D eigenvalue weighted by molar-refractivity contribution is -0.115. The number of carbonyl (C=O) groups is 2. The summed E-state index contributed by atoms with van der Waals surface area (Å²) in [6.07, 6.45) is 0. The van der Waals surface area contributed by atoms with Gasteiger partial charge in [0.1, 0.15) is 0 Å². The van der Waals surface area contributed by atoms with Crippen molar-refractivity contribution >= 4 is 33.5 Å². The van der Waals surface area contributed by atoms with Crippen LogP contribution in [0.4, 0.5) is 5.69 Å². The number of likely N-dealkylation sites (N-methyl/N-ethyl adjacent to an activating group) is 1. The summed E-state index contributed by atoms with van der Waals surface area (Å²) in [5, 5.41) is 5.68. The molecule has 0 saturated heterocycles. The minimum Gasteiger partial charge on any atom is -0.462 e. The van der Waals surface area contributed by atoms with E-state index in [2.05, 4.69) is 26.6 Å². The summed E-state index contributed by atoms with van der Waals surface area (Å²) in [5.41, 5.74) is 1.06. The Balaban J connectivity index is 2.72. The predicted molar refractivity (Wildman–Crippen MR) is 77.3 cm³/mol. The van der Waals surface area contributed by atoms with E-state index in [4.69, 9.17) is 4.74 Å². The first kappa shape index (κ1) is 15.7. The highest BCUT2D eigenvalue weighted by Crippen LogP contribution is 2.24. The summed E-state index contributed by atoms with van der Waals surface area (Å²) < 4.78 is 5.54.